The van der Waals surface area contributed by atoms with Crippen molar-refractivity contribution in [2.24, 2.45) is 17.3 Å². The molecule has 0 aromatic carbocycles. The number of amides is 3. The summed E-state index contributed by atoms with van der Waals surface area (Å²) in [4.78, 5) is 43.9. The second kappa shape index (κ2) is 8.90. The summed E-state index contributed by atoms with van der Waals surface area (Å²) < 4.78 is 14.0. The van der Waals surface area contributed by atoms with Crippen LogP contribution in [0.5, 0.6) is 0 Å². The Bertz CT molecular complexity index is 854. The summed E-state index contributed by atoms with van der Waals surface area (Å²) in [7, 11) is 0. The van der Waals surface area contributed by atoms with E-state index >= 15 is 0 Å². The van der Waals surface area contributed by atoms with Crippen LogP contribution >= 0.6 is 0 Å². The molecule has 1 spiro atoms. The maximum Gasteiger partial charge on any atom is 0.248 e. The van der Waals surface area contributed by atoms with Gasteiger partial charge in [-0.1, -0.05) is 25.7 Å². The van der Waals surface area contributed by atoms with Gasteiger partial charge in [0.05, 0.1) is 0 Å². The lowest BCUT2D eigenvalue weighted by atomic mass is 9.89. The standard InChI is InChI=1S/C22H29FN4O4/c23-16-6-3-9-24-19(16)25-20(29)17-12-22(7-8-22)13-27(17)21(30)15(11-18(28)26-31)10-14-4-1-2-5-14/h3,6,9,14-15,17,31H,1-2,4-5,7-8,10-13H2,(H,26,28)(H,24,25,29). The minimum Gasteiger partial charge on any atom is -0.330 e. The van der Waals surface area contributed by atoms with Gasteiger partial charge in [0.15, 0.2) is 11.6 Å². The van der Waals surface area contributed by atoms with E-state index in [0.717, 1.165) is 38.5 Å². The van der Waals surface area contributed by atoms with Crippen molar-refractivity contribution in [3.63, 3.8) is 0 Å². The summed E-state index contributed by atoms with van der Waals surface area (Å²) in [5.41, 5.74) is 1.57. The number of anilines is 1. The summed E-state index contributed by atoms with van der Waals surface area (Å²) in [5, 5.41) is 11.5. The second-order valence-electron chi connectivity index (χ2n) is 9.33. The maximum atomic E-state index is 14.0. The average molecular weight is 432 g/mol. The van der Waals surface area contributed by atoms with E-state index in [1.807, 2.05) is 0 Å². The molecular formula is C22H29FN4O4. The Balaban J connectivity index is 1.51. The summed E-state index contributed by atoms with van der Waals surface area (Å²) in [6.45, 7) is 0.469. The highest BCUT2D eigenvalue weighted by molar-refractivity contribution is 5.98. The number of rotatable bonds is 7. The molecular weight excluding hydrogens is 403 g/mol. The van der Waals surface area contributed by atoms with Crippen LogP contribution in [0.25, 0.3) is 0 Å². The van der Waals surface area contributed by atoms with Gasteiger partial charge in [0.1, 0.15) is 6.04 Å². The number of nitrogens with one attached hydrogen (secondary N) is 2. The highest BCUT2D eigenvalue weighted by Crippen LogP contribution is 2.55. The third kappa shape index (κ3) is 4.87. The van der Waals surface area contributed by atoms with Gasteiger partial charge in [-0.3, -0.25) is 19.6 Å². The third-order valence-corrected chi connectivity index (χ3v) is 7.05. The van der Waals surface area contributed by atoms with E-state index in [-0.39, 0.29) is 23.6 Å². The first-order valence-corrected chi connectivity index (χ1v) is 11.1. The molecule has 2 atom stereocenters. The topological polar surface area (TPSA) is 112 Å². The molecule has 0 radical (unpaired) electrons. The molecule has 168 valence electrons. The van der Waals surface area contributed by atoms with E-state index in [2.05, 4.69) is 10.3 Å². The molecule has 31 heavy (non-hydrogen) atoms. The Morgan fingerprint density at radius 1 is 1.29 bits per heavy atom. The van der Waals surface area contributed by atoms with Crippen molar-refractivity contribution >= 4 is 23.5 Å². The molecule has 2 unspecified atom stereocenters. The summed E-state index contributed by atoms with van der Waals surface area (Å²) in [6, 6.07) is 1.93. The van der Waals surface area contributed by atoms with Crippen LogP contribution in [0, 0.1) is 23.1 Å². The highest BCUT2D eigenvalue weighted by Gasteiger charge is 2.56. The van der Waals surface area contributed by atoms with Crippen LogP contribution in [0.1, 0.15) is 57.8 Å². The van der Waals surface area contributed by atoms with Crippen molar-refractivity contribution < 1.29 is 24.0 Å². The minimum absolute atomic E-state index is 0.0581. The molecule has 1 aromatic heterocycles. The quantitative estimate of drug-likeness (QED) is 0.453. The summed E-state index contributed by atoms with van der Waals surface area (Å²) in [5.74, 6) is -2.31. The number of aromatic nitrogens is 1. The molecule has 3 aliphatic rings. The van der Waals surface area contributed by atoms with E-state index in [1.54, 1.807) is 10.4 Å². The smallest absolute Gasteiger partial charge is 0.248 e. The average Bonchev–Trinajstić information content (AvgIpc) is 3.13. The number of carbonyl (C=O) groups excluding carboxylic acids is 3. The van der Waals surface area contributed by atoms with Gasteiger partial charge in [-0.2, -0.15) is 0 Å². The Kier molecular flexibility index (Phi) is 6.22. The van der Waals surface area contributed by atoms with E-state index in [9.17, 15) is 18.8 Å². The maximum absolute atomic E-state index is 14.0. The van der Waals surface area contributed by atoms with Crippen LogP contribution in [0.3, 0.4) is 0 Å². The van der Waals surface area contributed by atoms with Crippen LogP contribution < -0.4 is 10.8 Å². The zero-order valence-corrected chi connectivity index (χ0v) is 17.5. The number of hydrogen-bond acceptors (Lipinski definition) is 5. The molecule has 0 bridgehead atoms. The lowest BCUT2D eigenvalue weighted by molar-refractivity contribution is -0.144. The number of carbonyl (C=O) groups is 3. The fourth-order valence-corrected chi connectivity index (χ4v) is 5.16. The van der Waals surface area contributed by atoms with Gasteiger partial charge in [0.2, 0.25) is 17.7 Å². The van der Waals surface area contributed by atoms with Crippen molar-refractivity contribution in [1.29, 1.82) is 0 Å². The van der Waals surface area contributed by atoms with E-state index in [0.29, 0.717) is 25.3 Å². The number of hydrogen-bond donors (Lipinski definition) is 3. The number of hydroxylamine groups is 1. The second-order valence-corrected chi connectivity index (χ2v) is 9.33. The zero-order valence-electron chi connectivity index (χ0n) is 17.5. The van der Waals surface area contributed by atoms with Crippen molar-refractivity contribution in [3.05, 3.63) is 24.1 Å². The lowest BCUT2D eigenvalue weighted by Gasteiger charge is -2.29. The molecule has 1 aromatic rings. The Hall–Kier alpha value is -2.55. The molecule has 9 heteroatoms. The van der Waals surface area contributed by atoms with Gasteiger partial charge in [0.25, 0.3) is 0 Å². The molecule has 3 fully saturated rings. The molecule has 1 saturated heterocycles. The minimum atomic E-state index is -0.723. The molecule has 3 amide bonds. The zero-order chi connectivity index (χ0) is 22.0. The van der Waals surface area contributed by atoms with Crippen molar-refractivity contribution in [3.8, 4) is 0 Å². The van der Waals surface area contributed by atoms with Crippen LogP contribution in [-0.2, 0) is 14.4 Å². The number of nitrogens with zero attached hydrogens (tertiary/aromatic N) is 2. The number of pyridine rings is 1. The van der Waals surface area contributed by atoms with Crippen LogP contribution in [0.15, 0.2) is 18.3 Å². The van der Waals surface area contributed by atoms with Gasteiger partial charge < -0.3 is 10.2 Å². The largest absolute Gasteiger partial charge is 0.330 e. The molecule has 4 rings (SSSR count). The Morgan fingerprint density at radius 3 is 2.68 bits per heavy atom. The fraction of sp³-hybridized carbons (Fsp3) is 0.636. The van der Waals surface area contributed by atoms with E-state index < -0.39 is 29.6 Å². The van der Waals surface area contributed by atoms with Crippen LogP contribution in [0.2, 0.25) is 0 Å². The summed E-state index contributed by atoms with van der Waals surface area (Å²) >= 11 is 0. The van der Waals surface area contributed by atoms with Gasteiger partial charge in [-0.05, 0) is 49.1 Å². The molecule has 2 heterocycles. The fourth-order valence-electron chi connectivity index (χ4n) is 5.16. The van der Waals surface area contributed by atoms with Crippen molar-refractivity contribution in [2.75, 3.05) is 11.9 Å². The third-order valence-electron chi connectivity index (χ3n) is 7.05. The van der Waals surface area contributed by atoms with Crippen molar-refractivity contribution in [2.45, 2.75) is 63.8 Å². The van der Waals surface area contributed by atoms with Crippen molar-refractivity contribution in [1.82, 2.24) is 15.4 Å². The van der Waals surface area contributed by atoms with Crippen LogP contribution in [0.4, 0.5) is 10.2 Å². The number of likely N-dealkylation sites (tertiary alicyclic amines) is 1. The normalized spacial score (nSPS) is 23.0. The first kappa shape index (κ1) is 21.7. The summed E-state index contributed by atoms with van der Waals surface area (Å²) in [6.07, 6.45) is 8.56. The van der Waals surface area contributed by atoms with Gasteiger partial charge >= 0.3 is 0 Å². The molecule has 8 nitrogen and oxygen atoms in total. The van der Waals surface area contributed by atoms with Gasteiger partial charge in [-0.25, -0.2) is 14.9 Å². The first-order valence-electron chi connectivity index (χ1n) is 11.1. The molecule has 1 aliphatic heterocycles. The predicted molar refractivity (Wildman–Crippen MR) is 109 cm³/mol. The van der Waals surface area contributed by atoms with E-state index in [1.165, 1.54) is 18.3 Å². The predicted octanol–water partition coefficient (Wildman–Crippen LogP) is 2.63. The Morgan fingerprint density at radius 2 is 2.03 bits per heavy atom. The van der Waals surface area contributed by atoms with Gasteiger partial charge in [-0.15, -0.1) is 0 Å². The lowest BCUT2D eigenvalue weighted by Crippen LogP contribution is -2.46. The molecule has 2 saturated carbocycles. The first-order chi connectivity index (χ1) is 14.9. The monoisotopic (exact) mass is 432 g/mol. The highest BCUT2D eigenvalue weighted by atomic mass is 19.1. The Labute approximate surface area is 180 Å². The molecule has 2 aliphatic carbocycles. The SMILES string of the molecule is O=C(CC(CC1CCCC1)C(=O)N1CC2(CC2)CC1C(=O)Nc1ncccc1F)NO. The number of halogens is 1. The van der Waals surface area contributed by atoms with Crippen LogP contribution in [-0.4, -0.2) is 45.4 Å². The molecule has 3 N–H and O–H groups in total. The van der Waals surface area contributed by atoms with E-state index in [4.69, 9.17) is 5.21 Å². The van der Waals surface area contributed by atoms with Gasteiger partial charge in [0, 0.05) is 25.1 Å².